The lowest BCUT2D eigenvalue weighted by Crippen LogP contribution is -2.13. The molecular weight excluding hydrogens is 340 g/mol. The Morgan fingerprint density at radius 2 is 1.79 bits per heavy atom. The van der Waals surface area contributed by atoms with Crippen molar-refractivity contribution in [1.82, 2.24) is 5.32 Å². The summed E-state index contributed by atoms with van der Waals surface area (Å²) < 4.78 is 24.0. The van der Waals surface area contributed by atoms with Gasteiger partial charge in [-0.05, 0) is 47.3 Å². The van der Waals surface area contributed by atoms with Crippen molar-refractivity contribution in [2.75, 3.05) is 7.05 Å². The molecule has 0 amide bonds. The minimum absolute atomic E-state index is 0.143. The van der Waals surface area contributed by atoms with Crippen molar-refractivity contribution in [2.45, 2.75) is 11.4 Å². The van der Waals surface area contributed by atoms with Crippen molar-refractivity contribution >= 4 is 21.4 Å². The minimum atomic E-state index is -3.80. The second kappa shape index (κ2) is 6.86. The van der Waals surface area contributed by atoms with Crippen molar-refractivity contribution in [1.29, 1.82) is 0 Å². The summed E-state index contributed by atoms with van der Waals surface area (Å²) in [7, 11) is -1.92. The summed E-state index contributed by atoms with van der Waals surface area (Å²) in [6.07, 6.45) is 0. The summed E-state index contributed by atoms with van der Waals surface area (Å²) in [6.45, 7) is 0.704. The van der Waals surface area contributed by atoms with E-state index >= 15 is 0 Å². The molecule has 1 heterocycles. The zero-order valence-corrected chi connectivity index (χ0v) is 14.8. The number of thiophene rings is 1. The predicted octanol–water partition coefficient (Wildman–Crippen LogP) is 3.45. The molecule has 124 valence electrons. The van der Waals surface area contributed by atoms with E-state index in [4.69, 9.17) is 5.14 Å². The maximum atomic E-state index is 12.0. The molecule has 0 saturated heterocycles. The molecule has 0 atom stereocenters. The maximum absolute atomic E-state index is 12.0. The van der Waals surface area contributed by atoms with E-state index in [1.54, 1.807) is 29.5 Å². The number of sulfonamides is 1. The van der Waals surface area contributed by atoms with Crippen LogP contribution in [0.25, 0.3) is 21.6 Å². The molecule has 3 aromatic rings. The van der Waals surface area contributed by atoms with Gasteiger partial charge in [0.2, 0.25) is 10.0 Å². The van der Waals surface area contributed by atoms with E-state index in [2.05, 4.69) is 11.4 Å². The van der Waals surface area contributed by atoms with Crippen LogP contribution in [0.2, 0.25) is 0 Å². The Morgan fingerprint density at radius 3 is 2.46 bits per heavy atom. The topological polar surface area (TPSA) is 72.2 Å². The van der Waals surface area contributed by atoms with Gasteiger partial charge in [-0.25, -0.2) is 13.6 Å². The molecule has 0 aliphatic carbocycles. The van der Waals surface area contributed by atoms with Gasteiger partial charge < -0.3 is 5.32 Å². The molecule has 0 saturated carbocycles. The monoisotopic (exact) mass is 358 g/mol. The Hall–Kier alpha value is -1.99. The van der Waals surface area contributed by atoms with E-state index in [0.717, 1.165) is 21.6 Å². The zero-order valence-electron chi connectivity index (χ0n) is 13.2. The molecule has 0 radical (unpaired) electrons. The van der Waals surface area contributed by atoms with Gasteiger partial charge in [-0.3, -0.25) is 0 Å². The van der Waals surface area contributed by atoms with Crippen LogP contribution in [0.15, 0.2) is 64.9 Å². The molecule has 3 N–H and O–H groups in total. The minimum Gasteiger partial charge on any atom is -0.316 e. The van der Waals surface area contributed by atoms with E-state index in [9.17, 15) is 8.42 Å². The van der Waals surface area contributed by atoms with Gasteiger partial charge in [0.15, 0.2) is 0 Å². The molecule has 6 heteroatoms. The molecule has 0 unspecified atom stereocenters. The number of benzene rings is 2. The Bertz CT molecular complexity index is 949. The fourth-order valence-electron chi connectivity index (χ4n) is 2.71. The number of hydrogen-bond acceptors (Lipinski definition) is 4. The maximum Gasteiger partial charge on any atom is 0.238 e. The lowest BCUT2D eigenvalue weighted by atomic mass is 9.96. The standard InChI is InChI=1S/C18H18N2O2S2/c1-20-12-13-8-9-14(17-6-4-10-23-17)16(11-13)15-5-2-3-7-18(15)24(19,21)22/h2-11,20H,12H2,1H3,(H2,19,21,22). The Morgan fingerprint density at radius 1 is 1.00 bits per heavy atom. The van der Waals surface area contributed by atoms with Crippen molar-refractivity contribution in [3.63, 3.8) is 0 Å². The van der Waals surface area contributed by atoms with Crippen LogP contribution in [-0.2, 0) is 16.6 Å². The first kappa shape index (κ1) is 16.9. The summed E-state index contributed by atoms with van der Waals surface area (Å²) in [6, 6.07) is 17.0. The second-order valence-corrected chi connectivity index (χ2v) is 7.91. The van der Waals surface area contributed by atoms with Gasteiger partial charge in [-0.1, -0.05) is 36.4 Å². The molecule has 3 rings (SSSR count). The fourth-order valence-corrected chi connectivity index (χ4v) is 4.23. The van der Waals surface area contributed by atoms with Gasteiger partial charge in [0.1, 0.15) is 0 Å². The smallest absolute Gasteiger partial charge is 0.238 e. The van der Waals surface area contributed by atoms with Gasteiger partial charge in [0, 0.05) is 17.0 Å². The molecule has 0 aliphatic heterocycles. The van der Waals surface area contributed by atoms with E-state index in [1.807, 2.05) is 42.8 Å². The van der Waals surface area contributed by atoms with Crippen LogP contribution in [0.3, 0.4) is 0 Å². The van der Waals surface area contributed by atoms with Gasteiger partial charge in [0.25, 0.3) is 0 Å². The third-order valence-corrected chi connectivity index (χ3v) is 5.61. The van der Waals surface area contributed by atoms with Gasteiger partial charge in [-0.2, -0.15) is 0 Å². The number of rotatable bonds is 5. The molecule has 24 heavy (non-hydrogen) atoms. The lowest BCUT2D eigenvalue weighted by Gasteiger charge is -2.14. The quantitative estimate of drug-likeness (QED) is 0.734. The first-order chi connectivity index (χ1) is 11.5. The van der Waals surface area contributed by atoms with Crippen molar-refractivity contribution in [3.05, 3.63) is 65.5 Å². The highest BCUT2D eigenvalue weighted by atomic mass is 32.2. The molecular formula is C18H18N2O2S2. The van der Waals surface area contributed by atoms with Gasteiger partial charge in [0.05, 0.1) is 4.90 Å². The van der Waals surface area contributed by atoms with Crippen LogP contribution in [0.4, 0.5) is 0 Å². The van der Waals surface area contributed by atoms with Crippen molar-refractivity contribution in [2.24, 2.45) is 5.14 Å². The normalized spacial score (nSPS) is 11.6. The SMILES string of the molecule is CNCc1ccc(-c2cccs2)c(-c2ccccc2S(N)(=O)=O)c1. The molecule has 0 spiro atoms. The Labute approximate surface area is 146 Å². The van der Waals surface area contributed by atoms with Crippen molar-refractivity contribution < 1.29 is 8.42 Å². The first-order valence-electron chi connectivity index (χ1n) is 7.44. The van der Waals surface area contributed by atoms with E-state index in [1.165, 1.54) is 0 Å². The van der Waals surface area contributed by atoms with Crippen LogP contribution in [0.1, 0.15) is 5.56 Å². The predicted molar refractivity (Wildman–Crippen MR) is 99.3 cm³/mol. The third-order valence-electron chi connectivity index (χ3n) is 3.74. The summed E-state index contributed by atoms with van der Waals surface area (Å²) >= 11 is 1.62. The third kappa shape index (κ3) is 3.42. The summed E-state index contributed by atoms with van der Waals surface area (Å²) in [5.74, 6) is 0. The fraction of sp³-hybridized carbons (Fsp3) is 0.111. The molecule has 0 aliphatic rings. The van der Waals surface area contributed by atoms with Crippen LogP contribution < -0.4 is 10.5 Å². The molecule has 0 fully saturated rings. The van der Waals surface area contributed by atoms with Crippen LogP contribution >= 0.6 is 11.3 Å². The summed E-state index contributed by atoms with van der Waals surface area (Å²) in [4.78, 5) is 1.23. The first-order valence-corrected chi connectivity index (χ1v) is 9.87. The Balaban J connectivity index is 2.28. The van der Waals surface area contributed by atoms with Crippen LogP contribution in [0, 0.1) is 0 Å². The van der Waals surface area contributed by atoms with E-state index < -0.39 is 10.0 Å². The van der Waals surface area contributed by atoms with E-state index in [-0.39, 0.29) is 4.90 Å². The lowest BCUT2D eigenvalue weighted by molar-refractivity contribution is 0.598. The van der Waals surface area contributed by atoms with Crippen LogP contribution in [-0.4, -0.2) is 15.5 Å². The molecule has 0 bridgehead atoms. The Kier molecular flexibility index (Phi) is 4.82. The average Bonchev–Trinajstić information content (AvgIpc) is 3.09. The van der Waals surface area contributed by atoms with Crippen molar-refractivity contribution in [3.8, 4) is 21.6 Å². The number of hydrogen-bond donors (Lipinski definition) is 2. The number of primary sulfonamides is 1. The molecule has 1 aromatic heterocycles. The van der Waals surface area contributed by atoms with Gasteiger partial charge in [-0.15, -0.1) is 11.3 Å². The second-order valence-electron chi connectivity index (χ2n) is 5.43. The highest BCUT2D eigenvalue weighted by molar-refractivity contribution is 7.89. The highest BCUT2D eigenvalue weighted by Gasteiger charge is 2.18. The number of nitrogens with one attached hydrogen (secondary N) is 1. The summed E-state index contributed by atoms with van der Waals surface area (Å²) in [5, 5.41) is 10.6. The molecule has 2 aromatic carbocycles. The largest absolute Gasteiger partial charge is 0.316 e. The highest BCUT2D eigenvalue weighted by Crippen LogP contribution is 2.37. The zero-order chi connectivity index (χ0) is 17.2. The average molecular weight is 358 g/mol. The van der Waals surface area contributed by atoms with Gasteiger partial charge >= 0.3 is 0 Å². The van der Waals surface area contributed by atoms with Crippen LogP contribution in [0.5, 0.6) is 0 Å². The number of nitrogens with two attached hydrogens (primary N) is 1. The summed E-state index contributed by atoms with van der Waals surface area (Å²) in [5.41, 5.74) is 3.58. The van der Waals surface area contributed by atoms with E-state index in [0.29, 0.717) is 12.1 Å². The molecule has 4 nitrogen and oxygen atoms in total.